The van der Waals surface area contributed by atoms with Crippen LogP contribution in [-0.4, -0.2) is 35.6 Å². The molecule has 0 aliphatic carbocycles. The summed E-state index contributed by atoms with van der Waals surface area (Å²) in [6.07, 6.45) is 3.30. The fourth-order valence-electron chi connectivity index (χ4n) is 2.09. The molecule has 0 spiro atoms. The van der Waals surface area contributed by atoms with Crippen molar-refractivity contribution in [2.45, 2.75) is 58.1 Å². The first-order valence-electron chi connectivity index (χ1n) is 6.28. The molecule has 1 atom stereocenters. The fraction of sp³-hybridized carbons (Fsp3) is 0.846. The van der Waals surface area contributed by atoms with Gasteiger partial charge < -0.3 is 4.74 Å². The van der Waals surface area contributed by atoms with Gasteiger partial charge in [0.1, 0.15) is 11.6 Å². The van der Waals surface area contributed by atoms with Gasteiger partial charge >= 0.3 is 5.97 Å². The predicted molar refractivity (Wildman–Crippen MR) is 65.3 cm³/mol. The molecule has 96 valence electrons. The maximum atomic E-state index is 12.0. The molecule has 1 rings (SSSR count). The topological polar surface area (TPSA) is 53.3 Å². The monoisotopic (exact) mass is 238 g/mol. The van der Waals surface area contributed by atoms with Crippen LogP contribution in [0.15, 0.2) is 0 Å². The van der Waals surface area contributed by atoms with Crippen molar-refractivity contribution in [1.82, 2.24) is 4.90 Å². The Kier molecular flexibility index (Phi) is 4.95. The lowest BCUT2D eigenvalue weighted by Crippen LogP contribution is -2.40. The lowest BCUT2D eigenvalue weighted by atomic mass is 10.1. The molecule has 0 amide bonds. The second-order valence-corrected chi connectivity index (χ2v) is 5.49. The van der Waals surface area contributed by atoms with E-state index >= 15 is 0 Å². The van der Waals surface area contributed by atoms with Crippen LogP contribution < -0.4 is 0 Å². The van der Waals surface area contributed by atoms with Crippen LogP contribution in [0.3, 0.4) is 0 Å². The standard InChI is InChI=1S/C13H22N2O2/c1-13(2,3)17-12(16)11-7-6-10-15(11)9-5-4-8-14/h11H,4-7,9-10H2,1-3H3/t11-/m0/s1. The van der Waals surface area contributed by atoms with E-state index in [1.165, 1.54) is 0 Å². The highest BCUT2D eigenvalue weighted by molar-refractivity contribution is 5.76. The average Bonchev–Trinajstić information content (AvgIpc) is 2.64. The zero-order chi connectivity index (χ0) is 12.9. The Morgan fingerprint density at radius 1 is 1.53 bits per heavy atom. The minimum absolute atomic E-state index is 0.104. The third kappa shape index (κ3) is 4.74. The Morgan fingerprint density at radius 2 is 2.24 bits per heavy atom. The zero-order valence-corrected chi connectivity index (χ0v) is 11.0. The summed E-state index contributed by atoms with van der Waals surface area (Å²) in [5.41, 5.74) is -0.419. The first-order valence-corrected chi connectivity index (χ1v) is 6.28. The lowest BCUT2D eigenvalue weighted by molar-refractivity contribution is -0.160. The van der Waals surface area contributed by atoms with Gasteiger partial charge in [0.15, 0.2) is 0 Å². The summed E-state index contributed by atoms with van der Waals surface area (Å²) < 4.78 is 5.41. The minimum atomic E-state index is -0.419. The number of esters is 1. The molecule has 0 aromatic carbocycles. The average molecular weight is 238 g/mol. The van der Waals surface area contributed by atoms with E-state index in [0.717, 1.165) is 32.4 Å². The number of likely N-dealkylation sites (tertiary alicyclic amines) is 1. The minimum Gasteiger partial charge on any atom is -0.459 e. The van der Waals surface area contributed by atoms with Gasteiger partial charge in [0.2, 0.25) is 0 Å². The number of nitrogens with zero attached hydrogens (tertiary/aromatic N) is 2. The molecule has 0 radical (unpaired) electrons. The third-order valence-corrected chi connectivity index (χ3v) is 2.78. The zero-order valence-electron chi connectivity index (χ0n) is 11.0. The van der Waals surface area contributed by atoms with Crippen molar-refractivity contribution in [3.05, 3.63) is 0 Å². The molecule has 17 heavy (non-hydrogen) atoms. The van der Waals surface area contributed by atoms with Crippen molar-refractivity contribution in [2.75, 3.05) is 13.1 Å². The molecule has 1 saturated heterocycles. The van der Waals surface area contributed by atoms with Gasteiger partial charge in [-0.25, -0.2) is 0 Å². The molecule has 1 aliphatic rings. The summed E-state index contributed by atoms with van der Waals surface area (Å²) >= 11 is 0. The predicted octanol–water partition coefficient (Wildman–Crippen LogP) is 2.10. The van der Waals surface area contributed by atoms with E-state index in [9.17, 15) is 4.79 Å². The molecular weight excluding hydrogens is 216 g/mol. The number of hydrogen-bond acceptors (Lipinski definition) is 4. The molecule has 0 unspecified atom stereocenters. The van der Waals surface area contributed by atoms with Crippen LogP contribution in [-0.2, 0) is 9.53 Å². The number of carbonyl (C=O) groups is 1. The third-order valence-electron chi connectivity index (χ3n) is 2.78. The van der Waals surface area contributed by atoms with E-state index in [0.29, 0.717) is 6.42 Å². The lowest BCUT2D eigenvalue weighted by Gasteiger charge is -2.27. The SMILES string of the molecule is CC(C)(C)OC(=O)[C@@H]1CCCN1CCCC#N. The summed E-state index contributed by atoms with van der Waals surface area (Å²) in [6, 6.07) is 2.03. The van der Waals surface area contributed by atoms with Gasteiger partial charge in [-0.05, 0) is 53.1 Å². The second kappa shape index (κ2) is 6.02. The second-order valence-electron chi connectivity index (χ2n) is 5.49. The van der Waals surface area contributed by atoms with Gasteiger partial charge in [0.05, 0.1) is 6.07 Å². The van der Waals surface area contributed by atoms with Crippen LogP contribution in [0, 0.1) is 11.3 Å². The normalized spacial score (nSPS) is 21.2. The van der Waals surface area contributed by atoms with Crippen LogP contribution in [0.1, 0.15) is 46.5 Å². The molecule has 1 heterocycles. The van der Waals surface area contributed by atoms with Crippen molar-refractivity contribution in [3.63, 3.8) is 0 Å². The van der Waals surface area contributed by atoms with Crippen molar-refractivity contribution >= 4 is 5.97 Å². The quantitative estimate of drug-likeness (QED) is 0.556. The largest absolute Gasteiger partial charge is 0.459 e. The first kappa shape index (κ1) is 14.0. The number of rotatable bonds is 4. The van der Waals surface area contributed by atoms with Crippen molar-refractivity contribution in [2.24, 2.45) is 0 Å². The molecule has 0 aromatic rings. The summed E-state index contributed by atoms with van der Waals surface area (Å²) in [7, 11) is 0. The van der Waals surface area contributed by atoms with E-state index in [4.69, 9.17) is 10.00 Å². The van der Waals surface area contributed by atoms with Gasteiger partial charge in [-0.3, -0.25) is 9.69 Å². The van der Waals surface area contributed by atoms with Gasteiger partial charge in [0.25, 0.3) is 0 Å². The van der Waals surface area contributed by atoms with Crippen LogP contribution in [0.25, 0.3) is 0 Å². The summed E-state index contributed by atoms with van der Waals surface area (Å²) in [6.45, 7) is 7.42. The van der Waals surface area contributed by atoms with Crippen LogP contribution in [0.2, 0.25) is 0 Å². The van der Waals surface area contributed by atoms with Gasteiger partial charge in [-0.15, -0.1) is 0 Å². The highest BCUT2D eigenvalue weighted by Crippen LogP contribution is 2.21. The summed E-state index contributed by atoms with van der Waals surface area (Å²) in [5.74, 6) is -0.119. The summed E-state index contributed by atoms with van der Waals surface area (Å²) in [5, 5.41) is 8.51. The maximum Gasteiger partial charge on any atom is 0.323 e. The fourth-order valence-corrected chi connectivity index (χ4v) is 2.09. The van der Waals surface area contributed by atoms with E-state index in [2.05, 4.69) is 11.0 Å². The number of ether oxygens (including phenoxy) is 1. The van der Waals surface area contributed by atoms with Crippen LogP contribution >= 0.6 is 0 Å². The van der Waals surface area contributed by atoms with Gasteiger partial charge in [-0.2, -0.15) is 5.26 Å². The van der Waals surface area contributed by atoms with E-state index in [-0.39, 0.29) is 12.0 Å². The Balaban J connectivity index is 2.46. The Hall–Kier alpha value is -1.08. The maximum absolute atomic E-state index is 12.0. The molecule has 0 N–H and O–H groups in total. The van der Waals surface area contributed by atoms with Crippen molar-refractivity contribution in [3.8, 4) is 6.07 Å². The smallest absolute Gasteiger partial charge is 0.323 e. The molecule has 4 nitrogen and oxygen atoms in total. The first-order chi connectivity index (χ1) is 7.94. The van der Waals surface area contributed by atoms with E-state index < -0.39 is 5.60 Å². The Morgan fingerprint density at radius 3 is 2.82 bits per heavy atom. The molecule has 0 aromatic heterocycles. The van der Waals surface area contributed by atoms with Gasteiger partial charge in [-0.1, -0.05) is 0 Å². The summed E-state index contributed by atoms with van der Waals surface area (Å²) in [4.78, 5) is 14.1. The molecule has 0 saturated carbocycles. The molecule has 4 heteroatoms. The Bertz CT molecular complexity index is 302. The van der Waals surface area contributed by atoms with Gasteiger partial charge in [0, 0.05) is 6.42 Å². The van der Waals surface area contributed by atoms with Crippen molar-refractivity contribution < 1.29 is 9.53 Å². The highest BCUT2D eigenvalue weighted by atomic mass is 16.6. The number of carbonyl (C=O) groups excluding carboxylic acids is 1. The molecular formula is C13H22N2O2. The van der Waals surface area contributed by atoms with E-state index in [1.54, 1.807) is 0 Å². The molecule has 1 fully saturated rings. The highest BCUT2D eigenvalue weighted by Gasteiger charge is 2.33. The number of hydrogen-bond donors (Lipinski definition) is 0. The number of unbranched alkanes of at least 4 members (excludes halogenated alkanes) is 1. The molecule has 0 bridgehead atoms. The van der Waals surface area contributed by atoms with Crippen LogP contribution in [0.5, 0.6) is 0 Å². The molecule has 1 aliphatic heterocycles. The Labute approximate surface area is 104 Å². The van der Waals surface area contributed by atoms with Crippen LogP contribution in [0.4, 0.5) is 0 Å². The van der Waals surface area contributed by atoms with E-state index in [1.807, 2.05) is 20.8 Å². The van der Waals surface area contributed by atoms with Crippen molar-refractivity contribution in [1.29, 1.82) is 5.26 Å². The number of nitriles is 1.